The van der Waals surface area contributed by atoms with Crippen molar-refractivity contribution in [3.8, 4) is 0 Å². The van der Waals surface area contributed by atoms with Crippen LogP contribution in [0.1, 0.15) is 16.2 Å². The molecule has 1 heterocycles. The standard InChI is InChI=1S/C15H17N3O5/c1-10-8-13(23-18-10)14(19)16-11-4-3-5-12(9-11)17-15(20)22-7-6-21-2/h3-5,8-9H,6-7H2,1-2H3,(H,16,19)(H,17,20). The van der Waals surface area contributed by atoms with E-state index in [1.165, 1.54) is 13.2 Å². The topological polar surface area (TPSA) is 103 Å². The number of hydrogen-bond donors (Lipinski definition) is 2. The number of aromatic nitrogens is 1. The summed E-state index contributed by atoms with van der Waals surface area (Å²) in [4.78, 5) is 23.5. The van der Waals surface area contributed by atoms with Crippen molar-refractivity contribution in [3.63, 3.8) is 0 Å². The first-order chi connectivity index (χ1) is 11.1. The molecule has 0 aliphatic rings. The number of hydrogen-bond acceptors (Lipinski definition) is 6. The van der Waals surface area contributed by atoms with Crippen LogP contribution in [0.5, 0.6) is 0 Å². The summed E-state index contributed by atoms with van der Waals surface area (Å²) in [5.41, 5.74) is 1.60. The van der Waals surface area contributed by atoms with Crippen LogP contribution in [0.3, 0.4) is 0 Å². The molecular weight excluding hydrogens is 302 g/mol. The fourth-order valence-electron chi connectivity index (χ4n) is 1.71. The van der Waals surface area contributed by atoms with Crippen molar-refractivity contribution in [3.05, 3.63) is 41.8 Å². The summed E-state index contributed by atoms with van der Waals surface area (Å²) in [6.07, 6.45) is -0.601. The second-order valence-corrected chi connectivity index (χ2v) is 4.62. The first-order valence-corrected chi connectivity index (χ1v) is 6.86. The van der Waals surface area contributed by atoms with Gasteiger partial charge in [0.1, 0.15) is 6.61 Å². The number of carbonyl (C=O) groups excluding carboxylic acids is 2. The predicted molar refractivity (Wildman–Crippen MR) is 82.5 cm³/mol. The molecule has 0 saturated heterocycles. The first-order valence-electron chi connectivity index (χ1n) is 6.86. The number of methoxy groups -OCH3 is 1. The molecule has 0 radical (unpaired) electrons. The summed E-state index contributed by atoms with van der Waals surface area (Å²) < 4.78 is 14.6. The highest BCUT2D eigenvalue weighted by Gasteiger charge is 2.12. The van der Waals surface area contributed by atoms with Crippen LogP contribution in [-0.2, 0) is 9.47 Å². The van der Waals surface area contributed by atoms with E-state index in [-0.39, 0.29) is 12.4 Å². The van der Waals surface area contributed by atoms with Gasteiger partial charge in [0, 0.05) is 24.6 Å². The normalized spacial score (nSPS) is 10.2. The quantitative estimate of drug-likeness (QED) is 0.793. The molecular formula is C15H17N3O5. The van der Waals surface area contributed by atoms with Gasteiger partial charge < -0.3 is 19.3 Å². The highest BCUT2D eigenvalue weighted by atomic mass is 16.6. The Labute approximate surface area is 132 Å². The number of carbonyl (C=O) groups is 2. The summed E-state index contributed by atoms with van der Waals surface area (Å²) in [6, 6.07) is 8.17. The minimum absolute atomic E-state index is 0.111. The number of aryl methyl sites for hydroxylation is 1. The van der Waals surface area contributed by atoms with Crippen molar-refractivity contribution < 1.29 is 23.6 Å². The summed E-state index contributed by atoms with van der Waals surface area (Å²) in [6.45, 7) is 2.20. The SMILES string of the molecule is COCCOC(=O)Nc1cccc(NC(=O)c2cc(C)no2)c1. The van der Waals surface area contributed by atoms with E-state index in [1.807, 2.05) is 0 Å². The van der Waals surface area contributed by atoms with E-state index in [0.29, 0.717) is 23.7 Å². The van der Waals surface area contributed by atoms with Crippen molar-refractivity contribution in [2.24, 2.45) is 0 Å². The summed E-state index contributed by atoms with van der Waals surface area (Å²) in [5.74, 6) is -0.315. The molecule has 23 heavy (non-hydrogen) atoms. The molecule has 8 heteroatoms. The van der Waals surface area contributed by atoms with Gasteiger partial charge in [0.05, 0.1) is 12.3 Å². The predicted octanol–water partition coefficient (Wildman–Crippen LogP) is 2.43. The smallest absolute Gasteiger partial charge is 0.411 e. The van der Waals surface area contributed by atoms with Gasteiger partial charge in [-0.2, -0.15) is 0 Å². The molecule has 0 fully saturated rings. The second kappa shape index (κ2) is 7.95. The number of nitrogens with one attached hydrogen (secondary N) is 2. The van der Waals surface area contributed by atoms with Gasteiger partial charge in [0.15, 0.2) is 0 Å². The third kappa shape index (κ3) is 5.11. The molecule has 8 nitrogen and oxygen atoms in total. The van der Waals surface area contributed by atoms with E-state index in [4.69, 9.17) is 14.0 Å². The molecule has 2 rings (SSSR count). The van der Waals surface area contributed by atoms with Gasteiger partial charge in [0.2, 0.25) is 5.76 Å². The molecule has 0 aliphatic carbocycles. The Kier molecular flexibility index (Phi) is 5.70. The van der Waals surface area contributed by atoms with Gasteiger partial charge in [-0.25, -0.2) is 4.79 Å². The van der Waals surface area contributed by atoms with Crippen LogP contribution >= 0.6 is 0 Å². The summed E-state index contributed by atoms with van der Waals surface area (Å²) >= 11 is 0. The van der Waals surface area contributed by atoms with Gasteiger partial charge in [-0.1, -0.05) is 11.2 Å². The van der Waals surface area contributed by atoms with E-state index in [0.717, 1.165) is 0 Å². The highest BCUT2D eigenvalue weighted by molar-refractivity contribution is 6.02. The van der Waals surface area contributed by atoms with Crippen LogP contribution in [0.15, 0.2) is 34.9 Å². The maximum Gasteiger partial charge on any atom is 0.411 e. The maximum atomic E-state index is 12.0. The average molecular weight is 319 g/mol. The lowest BCUT2D eigenvalue weighted by Crippen LogP contribution is -2.16. The molecule has 0 atom stereocenters. The van der Waals surface area contributed by atoms with E-state index >= 15 is 0 Å². The number of benzene rings is 1. The fourth-order valence-corrected chi connectivity index (χ4v) is 1.71. The highest BCUT2D eigenvalue weighted by Crippen LogP contribution is 2.16. The molecule has 2 N–H and O–H groups in total. The van der Waals surface area contributed by atoms with Crippen LogP contribution in [0.4, 0.5) is 16.2 Å². The molecule has 0 unspecified atom stereocenters. The van der Waals surface area contributed by atoms with Gasteiger partial charge in [0.25, 0.3) is 5.91 Å². The van der Waals surface area contributed by atoms with Gasteiger partial charge >= 0.3 is 6.09 Å². The lowest BCUT2D eigenvalue weighted by atomic mass is 10.2. The van der Waals surface area contributed by atoms with Crippen molar-refractivity contribution >= 4 is 23.4 Å². The van der Waals surface area contributed by atoms with Crippen LogP contribution in [0.25, 0.3) is 0 Å². The molecule has 2 aromatic rings. The Morgan fingerprint density at radius 2 is 1.91 bits per heavy atom. The molecule has 0 aliphatic heterocycles. The zero-order valence-electron chi connectivity index (χ0n) is 12.8. The van der Waals surface area contributed by atoms with Crippen LogP contribution < -0.4 is 10.6 Å². The summed E-state index contributed by atoms with van der Waals surface area (Å²) in [5, 5.41) is 8.86. The molecule has 2 amide bonds. The average Bonchev–Trinajstić information content (AvgIpc) is 2.94. The lowest BCUT2D eigenvalue weighted by molar-refractivity contribution is 0.0987. The van der Waals surface area contributed by atoms with Crippen LogP contribution in [-0.4, -0.2) is 37.5 Å². The van der Waals surface area contributed by atoms with Crippen LogP contribution in [0, 0.1) is 6.92 Å². The second-order valence-electron chi connectivity index (χ2n) is 4.62. The van der Waals surface area contributed by atoms with Gasteiger partial charge in [-0.05, 0) is 25.1 Å². The molecule has 122 valence electrons. The molecule has 1 aromatic carbocycles. The van der Waals surface area contributed by atoms with E-state index < -0.39 is 12.0 Å². The van der Waals surface area contributed by atoms with Crippen molar-refractivity contribution in [2.75, 3.05) is 31.0 Å². The Morgan fingerprint density at radius 3 is 2.57 bits per heavy atom. The van der Waals surface area contributed by atoms with Crippen LogP contribution in [0.2, 0.25) is 0 Å². The van der Waals surface area contributed by atoms with Gasteiger partial charge in [-0.3, -0.25) is 10.1 Å². The molecule has 0 spiro atoms. The molecule has 0 saturated carbocycles. The third-order valence-electron chi connectivity index (χ3n) is 2.74. The number of anilines is 2. The largest absolute Gasteiger partial charge is 0.447 e. The van der Waals surface area contributed by atoms with E-state index in [2.05, 4.69) is 15.8 Å². The first kappa shape index (κ1) is 16.5. The third-order valence-corrected chi connectivity index (χ3v) is 2.74. The number of ether oxygens (including phenoxy) is 2. The molecule has 0 bridgehead atoms. The fraction of sp³-hybridized carbons (Fsp3) is 0.267. The van der Waals surface area contributed by atoms with Crippen molar-refractivity contribution in [1.82, 2.24) is 5.16 Å². The number of amides is 2. The van der Waals surface area contributed by atoms with E-state index in [1.54, 1.807) is 31.2 Å². The number of rotatable bonds is 6. The van der Waals surface area contributed by atoms with Gasteiger partial charge in [-0.15, -0.1) is 0 Å². The minimum atomic E-state index is -0.601. The maximum absolute atomic E-state index is 12.0. The Balaban J connectivity index is 1.94. The Morgan fingerprint density at radius 1 is 1.17 bits per heavy atom. The van der Waals surface area contributed by atoms with E-state index in [9.17, 15) is 9.59 Å². The number of nitrogens with zero attached hydrogens (tertiary/aromatic N) is 1. The molecule has 1 aromatic heterocycles. The van der Waals surface area contributed by atoms with Crippen molar-refractivity contribution in [1.29, 1.82) is 0 Å². The Hall–Kier alpha value is -2.87. The summed E-state index contributed by atoms with van der Waals surface area (Å²) in [7, 11) is 1.52. The minimum Gasteiger partial charge on any atom is -0.447 e. The lowest BCUT2D eigenvalue weighted by Gasteiger charge is -2.08. The Bertz CT molecular complexity index is 683. The van der Waals surface area contributed by atoms with Crippen molar-refractivity contribution in [2.45, 2.75) is 6.92 Å². The monoisotopic (exact) mass is 319 g/mol. The zero-order chi connectivity index (χ0) is 16.7. The zero-order valence-corrected chi connectivity index (χ0v) is 12.8.